The van der Waals surface area contributed by atoms with Gasteiger partial charge in [0.15, 0.2) is 0 Å². The molecule has 0 aromatic carbocycles. The molecule has 0 aliphatic heterocycles. The SMILES string of the molecule is CC(C)(C)OOC1(OOC(C)(C)C)CCC(OOC(C)(C)C)(OOC(C)(C)C)CC1. The fourth-order valence-electron chi connectivity index (χ4n) is 2.18. The minimum Gasteiger partial charge on any atom is -0.228 e. The summed E-state index contributed by atoms with van der Waals surface area (Å²) in [6, 6.07) is 0. The summed E-state index contributed by atoms with van der Waals surface area (Å²) in [5.41, 5.74) is -2.04. The fraction of sp³-hybridized carbons (Fsp3) is 1.00. The molecule has 0 atom stereocenters. The Morgan fingerprint density at radius 3 is 0.667 bits per heavy atom. The molecule has 0 saturated heterocycles. The van der Waals surface area contributed by atoms with Gasteiger partial charge in [0.2, 0.25) is 11.6 Å². The van der Waals surface area contributed by atoms with Crippen LogP contribution in [0.5, 0.6) is 0 Å². The summed E-state index contributed by atoms with van der Waals surface area (Å²) in [5.74, 6) is -2.22. The van der Waals surface area contributed by atoms with Gasteiger partial charge in [0.1, 0.15) is 0 Å². The van der Waals surface area contributed by atoms with Crippen molar-refractivity contribution in [3.05, 3.63) is 0 Å². The molecule has 1 fully saturated rings. The number of hydrogen-bond acceptors (Lipinski definition) is 8. The van der Waals surface area contributed by atoms with Crippen molar-refractivity contribution < 1.29 is 39.1 Å². The van der Waals surface area contributed by atoms with Gasteiger partial charge in [-0.25, -0.2) is 19.6 Å². The van der Waals surface area contributed by atoms with E-state index < -0.39 is 34.0 Å². The molecule has 0 amide bonds. The van der Waals surface area contributed by atoms with E-state index in [0.29, 0.717) is 25.7 Å². The molecular weight excluding hydrogens is 392 g/mol. The quantitative estimate of drug-likeness (QED) is 0.263. The topological polar surface area (TPSA) is 73.8 Å². The van der Waals surface area contributed by atoms with Crippen molar-refractivity contribution in [2.24, 2.45) is 0 Å². The molecular formula is C22H44O8. The van der Waals surface area contributed by atoms with Gasteiger partial charge in [-0.15, -0.1) is 0 Å². The minimum atomic E-state index is -1.11. The predicted octanol–water partition coefficient (Wildman–Crippen LogP) is 5.94. The second-order valence-electron chi connectivity index (χ2n) is 11.9. The van der Waals surface area contributed by atoms with Crippen LogP contribution < -0.4 is 0 Å². The molecule has 0 aromatic heterocycles. The van der Waals surface area contributed by atoms with Gasteiger partial charge in [-0.05, 0) is 83.1 Å². The monoisotopic (exact) mass is 436 g/mol. The molecule has 8 heteroatoms. The Hall–Kier alpha value is -0.320. The summed E-state index contributed by atoms with van der Waals surface area (Å²) >= 11 is 0. The molecule has 1 saturated carbocycles. The molecule has 0 radical (unpaired) electrons. The van der Waals surface area contributed by atoms with Gasteiger partial charge < -0.3 is 0 Å². The average Bonchev–Trinajstić information content (AvgIpc) is 2.54. The predicted molar refractivity (Wildman–Crippen MR) is 112 cm³/mol. The normalized spacial score (nSPS) is 20.4. The first-order valence-electron chi connectivity index (χ1n) is 10.7. The van der Waals surface area contributed by atoms with Crippen molar-refractivity contribution in [3.63, 3.8) is 0 Å². The summed E-state index contributed by atoms with van der Waals surface area (Å²) in [5, 5.41) is 0. The molecule has 0 N–H and O–H groups in total. The van der Waals surface area contributed by atoms with Crippen LogP contribution in [-0.2, 0) is 39.1 Å². The summed E-state index contributed by atoms with van der Waals surface area (Å²) in [6.45, 7) is 22.8. The highest BCUT2D eigenvalue weighted by Gasteiger charge is 2.51. The summed E-state index contributed by atoms with van der Waals surface area (Å²) < 4.78 is 0. The smallest absolute Gasteiger partial charge is 0.228 e. The zero-order valence-electron chi connectivity index (χ0n) is 21.1. The van der Waals surface area contributed by atoms with Crippen LogP contribution in [-0.4, -0.2) is 34.0 Å². The second-order valence-corrected chi connectivity index (χ2v) is 11.9. The fourth-order valence-corrected chi connectivity index (χ4v) is 2.18. The Balaban J connectivity index is 2.97. The third kappa shape index (κ3) is 11.3. The third-order valence-electron chi connectivity index (χ3n) is 3.55. The Bertz CT molecular complexity index is 423. The van der Waals surface area contributed by atoms with Crippen molar-refractivity contribution in [3.8, 4) is 0 Å². The first kappa shape index (κ1) is 27.7. The van der Waals surface area contributed by atoms with E-state index in [1.165, 1.54) is 0 Å². The maximum atomic E-state index is 5.77. The molecule has 8 nitrogen and oxygen atoms in total. The first-order chi connectivity index (χ1) is 13.2. The number of hydrogen-bond donors (Lipinski definition) is 0. The maximum absolute atomic E-state index is 5.77. The largest absolute Gasteiger partial charge is 0.234 e. The van der Waals surface area contributed by atoms with Gasteiger partial charge in [-0.3, -0.25) is 0 Å². The standard InChI is InChI=1S/C22H44O8/c1-17(2,3)23-27-21(28-24-18(4,5)6)13-15-22(16-14-21,29-25-19(7,8)9)30-26-20(10,11)12/h13-16H2,1-12H3. The van der Waals surface area contributed by atoms with E-state index in [2.05, 4.69) is 0 Å². The van der Waals surface area contributed by atoms with Crippen LogP contribution in [0.2, 0.25) is 0 Å². The molecule has 1 rings (SSSR count). The van der Waals surface area contributed by atoms with Gasteiger partial charge in [0.25, 0.3) is 0 Å². The van der Waals surface area contributed by atoms with E-state index in [9.17, 15) is 0 Å². The molecule has 0 spiro atoms. The zero-order chi connectivity index (χ0) is 23.5. The lowest BCUT2D eigenvalue weighted by molar-refractivity contribution is -0.576. The lowest BCUT2D eigenvalue weighted by Crippen LogP contribution is -2.51. The van der Waals surface area contributed by atoms with Gasteiger partial charge >= 0.3 is 0 Å². The molecule has 1 aliphatic carbocycles. The van der Waals surface area contributed by atoms with Crippen LogP contribution >= 0.6 is 0 Å². The molecule has 30 heavy (non-hydrogen) atoms. The number of rotatable bonds is 8. The summed E-state index contributed by atoms with van der Waals surface area (Å²) in [4.78, 5) is 45.4. The third-order valence-corrected chi connectivity index (χ3v) is 3.55. The summed E-state index contributed by atoms with van der Waals surface area (Å²) in [6.07, 6.45) is 1.50. The second kappa shape index (κ2) is 9.67. The van der Waals surface area contributed by atoms with Crippen molar-refractivity contribution >= 4 is 0 Å². The van der Waals surface area contributed by atoms with Crippen LogP contribution in [0.15, 0.2) is 0 Å². The van der Waals surface area contributed by atoms with E-state index in [1.54, 1.807) is 0 Å². The molecule has 0 bridgehead atoms. The minimum absolute atomic E-state index is 0.375. The molecule has 0 heterocycles. The Kier molecular flexibility index (Phi) is 8.93. The average molecular weight is 437 g/mol. The van der Waals surface area contributed by atoms with Gasteiger partial charge in [0.05, 0.1) is 22.4 Å². The highest BCUT2D eigenvalue weighted by atomic mass is 17.3. The lowest BCUT2D eigenvalue weighted by atomic mass is 9.89. The molecule has 0 unspecified atom stereocenters. The Labute approximate surface area is 182 Å². The van der Waals surface area contributed by atoms with E-state index in [4.69, 9.17) is 39.1 Å². The molecule has 1 aliphatic rings. The molecule has 0 aromatic rings. The highest BCUT2D eigenvalue weighted by Crippen LogP contribution is 2.43. The van der Waals surface area contributed by atoms with Crippen LogP contribution in [0.25, 0.3) is 0 Å². The maximum Gasteiger partial charge on any atom is 0.234 e. The first-order valence-corrected chi connectivity index (χ1v) is 10.7. The van der Waals surface area contributed by atoms with E-state index in [0.717, 1.165) is 0 Å². The van der Waals surface area contributed by atoms with Crippen molar-refractivity contribution in [1.82, 2.24) is 0 Å². The van der Waals surface area contributed by atoms with Crippen LogP contribution in [0.1, 0.15) is 109 Å². The zero-order valence-corrected chi connectivity index (χ0v) is 21.1. The van der Waals surface area contributed by atoms with Gasteiger partial charge in [-0.1, -0.05) is 0 Å². The Morgan fingerprint density at radius 1 is 0.367 bits per heavy atom. The van der Waals surface area contributed by atoms with Crippen molar-refractivity contribution in [2.75, 3.05) is 0 Å². The lowest BCUT2D eigenvalue weighted by Gasteiger charge is -2.44. The summed E-state index contributed by atoms with van der Waals surface area (Å²) in [7, 11) is 0. The molecule has 180 valence electrons. The van der Waals surface area contributed by atoms with Crippen LogP contribution in [0.3, 0.4) is 0 Å². The van der Waals surface area contributed by atoms with Crippen molar-refractivity contribution in [1.29, 1.82) is 0 Å². The van der Waals surface area contributed by atoms with Crippen LogP contribution in [0.4, 0.5) is 0 Å². The Morgan fingerprint density at radius 2 is 0.533 bits per heavy atom. The highest BCUT2D eigenvalue weighted by molar-refractivity contribution is 4.84. The van der Waals surface area contributed by atoms with Crippen LogP contribution in [0, 0.1) is 0 Å². The van der Waals surface area contributed by atoms with E-state index in [-0.39, 0.29) is 0 Å². The van der Waals surface area contributed by atoms with Crippen molar-refractivity contribution in [2.45, 2.75) is 143 Å². The van der Waals surface area contributed by atoms with E-state index in [1.807, 2.05) is 83.1 Å². The van der Waals surface area contributed by atoms with Gasteiger partial charge in [0, 0.05) is 25.7 Å². The van der Waals surface area contributed by atoms with E-state index >= 15 is 0 Å². The van der Waals surface area contributed by atoms with Gasteiger partial charge in [-0.2, -0.15) is 19.6 Å².